The van der Waals surface area contributed by atoms with Crippen LogP contribution in [-0.2, 0) is 0 Å². The lowest BCUT2D eigenvalue weighted by Crippen LogP contribution is -2.28. The van der Waals surface area contributed by atoms with Crippen LogP contribution in [0.3, 0.4) is 0 Å². The Kier molecular flexibility index (Phi) is 3.78. The summed E-state index contributed by atoms with van der Waals surface area (Å²) in [6, 6.07) is 2.69. The molecular formula is C11H18BrNS. The molecule has 0 aromatic carbocycles. The van der Waals surface area contributed by atoms with Gasteiger partial charge in [-0.15, -0.1) is 11.3 Å². The Balaban J connectivity index is 3.01. The van der Waals surface area contributed by atoms with Gasteiger partial charge < -0.3 is 5.32 Å². The maximum Gasteiger partial charge on any atom is 0.0731 e. The van der Waals surface area contributed by atoms with Gasteiger partial charge in [0.25, 0.3) is 0 Å². The molecule has 0 radical (unpaired) electrons. The van der Waals surface area contributed by atoms with E-state index in [0.29, 0.717) is 6.04 Å². The summed E-state index contributed by atoms with van der Waals surface area (Å²) in [6.45, 7) is 8.92. The summed E-state index contributed by atoms with van der Waals surface area (Å²) in [5.41, 5.74) is 1.58. The molecule has 0 aliphatic rings. The van der Waals surface area contributed by atoms with Crippen molar-refractivity contribution in [3.8, 4) is 0 Å². The third-order valence-electron chi connectivity index (χ3n) is 2.32. The van der Waals surface area contributed by atoms with Crippen LogP contribution in [-0.4, -0.2) is 7.05 Å². The van der Waals surface area contributed by atoms with Gasteiger partial charge in [-0.25, -0.2) is 0 Å². The predicted octanol–water partition coefficient (Wildman–Crippen LogP) is 4.13. The molecule has 0 aliphatic carbocycles. The number of hydrogen-bond acceptors (Lipinski definition) is 2. The minimum absolute atomic E-state index is 0.255. The molecular weight excluding hydrogens is 258 g/mol. The molecule has 3 heteroatoms. The van der Waals surface area contributed by atoms with Gasteiger partial charge in [0.1, 0.15) is 0 Å². The van der Waals surface area contributed by atoms with Gasteiger partial charge in [0.15, 0.2) is 0 Å². The first-order valence-electron chi connectivity index (χ1n) is 4.79. The third-order valence-corrected chi connectivity index (χ3v) is 4.52. The average Bonchev–Trinajstić information content (AvgIpc) is 2.30. The summed E-state index contributed by atoms with van der Waals surface area (Å²) < 4.78 is 1.25. The highest BCUT2D eigenvalue weighted by Crippen LogP contribution is 2.39. The van der Waals surface area contributed by atoms with Gasteiger partial charge in [-0.05, 0) is 46.9 Å². The molecule has 0 saturated carbocycles. The number of thiophene rings is 1. The molecule has 0 saturated heterocycles. The summed E-state index contributed by atoms with van der Waals surface area (Å²) in [5, 5.41) is 3.39. The summed E-state index contributed by atoms with van der Waals surface area (Å²) in [4.78, 5) is 1.41. The first-order chi connectivity index (χ1) is 6.36. The summed E-state index contributed by atoms with van der Waals surface area (Å²) in [6.07, 6.45) is 0. The van der Waals surface area contributed by atoms with Crippen LogP contribution < -0.4 is 5.32 Å². The average molecular weight is 276 g/mol. The van der Waals surface area contributed by atoms with Crippen molar-refractivity contribution < 1.29 is 0 Å². The van der Waals surface area contributed by atoms with Crippen LogP contribution in [0.1, 0.15) is 37.3 Å². The molecule has 1 aromatic rings. The zero-order chi connectivity index (χ0) is 10.9. The number of aryl methyl sites for hydroxylation is 1. The molecule has 80 valence electrons. The van der Waals surface area contributed by atoms with E-state index in [2.05, 4.69) is 55.0 Å². The van der Waals surface area contributed by atoms with Crippen LogP contribution in [0.2, 0.25) is 0 Å². The maximum atomic E-state index is 3.57. The topological polar surface area (TPSA) is 12.0 Å². The number of rotatable bonds is 2. The molecule has 0 spiro atoms. The molecule has 1 N–H and O–H groups in total. The van der Waals surface area contributed by atoms with Crippen LogP contribution in [0.4, 0.5) is 0 Å². The molecule has 0 fully saturated rings. The number of hydrogen-bond donors (Lipinski definition) is 1. The quantitative estimate of drug-likeness (QED) is 0.856. The van der Waals surface area contributed by atoms with E-state index in [1.165, 1.54) is 14.2 Å². The van der Waals surface area contributed by atoms with Crippen molar-refractivity contribution in [1.29, 1.82) is 0 Å². The van der Waals surface area contributed by atoms with E-state index in [9.17, 15) is 0 Å². The summed E-state index contributed by atoms with van der Waals surface area (Å²) >= 11 is 5.40. The fourth-order valence-corrected chi connectivity index (χ4v) is 3.55. The molecule has 1 atom stereocenters. The first kappa shape index (κ1) is 12.2. The van der Waals surface area contributed by atoms with Crippen LogP contribution in [0.15, 0.2) is 9.85 Å². The zero-order valence-electron chi connectivity index (χ0n) is 9.44. The van der Waals surface area contributed by atoms with E-state index in [1.54, 1.807) is 0 Å². The van der Waals surface area contributed by atoms with Crippen LogP contribution in [0, 0.1) is 12.3 Å². The highest BCUT2D eigenvalue weighted by molar-refractivity contribution is 9.11. The molecule has 1 heterocycles. The molecule has 1 aromatic heterocycles. The fraction of sp³-hybridized carbons (Fsp3) is 0.636. The minimum atomic E-state index is 0.255. The Morgan fingerprint density at radius 2 is 2.00 bits per heavy atom. The van der Waals surface area contributed by atoms with Crippen molar-refractivity contribution in [1.82, 2.24) is 5.32 Å². The molecule has 1 rings (SSSR count). The highest BCUT2D eigenvalue weighted by atomic mass is 79.9. The van der Waals surface area contributed by atoms with Crippen molar-refractivity contribution in [2.45, 2.75) is 33.7 Å². The van der Waals surface area contributed by atoms with Crippen molar-refractivity contribution in [2.75, 3.05) is 7.05 Å². The van der Waals surface area contributed by atoms with Crippen molar-refractivity contribution in [3.63, 3.8) is 0 Å². The second-order valence-corrected chi connectivity index (χ2v) is 7.09. The summed E-state index contributed by atoms with van der Waals surface area (Å²) in [7, 11) is 2.03. The molecule has 0 amide bonds. The largest absolute Gasteiger partial charge is 0.312 e. The molecule has 14 heavy (non-hydrogen) atoms. The monoisotopic (exact) mass is 275 g/mol. The second-order valence-electron chi connectivity index (χ2n) is 4.69. The predicted molar refractivity (Wildman–Crippen MR) is 68.0 cm³/mol. The van der Waals surface area contributed by atoms with E-state index < -0.39 is 0 Å². The number of nitrogens with one attached hydrogen (secondary N) is 1. The van der Waals surface area contributed by atoms with Gasteiger partial charge in [0, 0.05) is 10.9 Å². The Labute approximate surface area is 99.0 Å². The van der Waals surface area contributed by atoms with Crippen LogP contribution in [0.5, 0.6) is 0 Å². The van der Waals surface area contributed by atoms with Crippen LogP contribution >= 0.6 is 27.3 Å². The highest BCUT2D eigenvalue weighted by Gasteiger charge is 2.26. The van der Waals surface area contributed by atoms with Gasteiger partial charge >= 0.3 is 0 Å². The third kappa shape index (κ3) is 2.59. The van der Waals surface area contributed by atoms with Crippen LogP contribution in [0.25, 0.3) is 0 Å². The Bertz CT molecular complexity index is 292. The minimum Gasteiger partial charge on any atom is -0.312 e. The Morgan fingerprint density at radius 3 is 2.29 bits per heavy atom. The zero-order valence-corrected chi connectivity index (χ0v) is 11.8. The van der Waals surface area contributed by atoms with Gasteiger partial charge in [0.2, 0.25) is 0 Å². The smallest absolute Gasteiger partial charge is 0.0731 e. The van der Waals surface area contributed by atoms with Crippen molar-refractivity contribution in [3.05, 3.63) is 20.3 Å². The lowest BCUT2D eigenvalue weighted by atomic mass is 9.86. The van der Waals surface area contributed by atoms with Gasteiger partial charge in [0.05, 0.1) is 3.79 Å². The lowest BCUT2D eigenvalue weighted by molar-refractivity contribution is 0.291. The van der Waals surface area contributed by atoms with E-state index in [1.807, 2.05) is 18.4 Å². The fourth-order valence-electron chi connectivity index (χ4n) is 1.63. The second kappa shape index (κ2) is 4.33. The Hall–Kier alpha value is 0.140. The Morgan fingerprint density at radius 1 is 1.43 bits per heavy atom. The summed E-state index contributed by atoms with van der Waals surface area (Å²) in [5.74, 6) is 0. The molecule has 1 unspecified atom stereocenters. The normalized spacial score (nSPS) is 14.4. The molecule has 1 nitrogen and oxygen atoms in total. The van der Waals surface area contributed by atoms with Gasteiger partial charge in [-0.1, -0.05) is 20.8 Å². The standard InChI is InChI=1S/C11H18BrNS/c1-7-6-8(14-10(7)12)9(13-5)11(2,3)4/h6,9,13H,1-5H3. The van der Waals surface area contributed by atoms with E-state index in [4.69, 9.17) is 0 Å². The maximum absolute atomic E-state index is 3.57. The van der Waals surface area contributed by atoms with Crippen molar-refractivity contribution >= 4 is 27.3 Å². The SMILES string of the molecule is CNC(c1cc(C)c(Br)s1)C(C)(C)C. The van der Waals surface area contributed by atoms with E-state index in [0.717, 1.165) is 0 Å². The molecule has 0 bridgehead atoms. The lowest BCUT2D eigenvalue weighted by Gasteiger charge is -2.29. The first-order valence-corrected chi connectivity index (χ1v) is 6.40. The molecule has 0 aliphatic heterocycles. The van der Waals surface area contributed by atoms with Gasteiger partial charge in [-0.2, -0.15) is 0 Å². The van der Waals surface area contributed by atoms with Crippen molar-refractivity contribution in [2.24, 2.45) is 5.41 Å². The number of halogens is 1. The van der Waals surface area contributed by atoms with Gasteiger partial charge in [-0.3, -0.25) is 0 Å². The van der Waals surface area contributed by atoms with E-state index in [-0.39, 0.29) is 5.41 Å². The van der Waals surface area contributed by atoms with E-state index >= 15 is 0 Å².